The topological polar surface area (TPSA) is 20.3 Å². The Balaban J connectivity index is 3.46. The molecule has 0 heterocycles. The van der Waals surface area contributed by atoms with Crippen molar-refractivity contribution in [1.29, 1.82) is 0 Å². The summed E-state index contributed by atoms with van der Waals surface area (Å²) < 4.78 is 0. The molecule has 0 aliphatic rings. The first-order valence-electron chi connectivity index (χ1n) is 4.02. The van der Waals surface area contributed by atoms with Gasteiger partial charge < -0.3 is 4.90 Å². The normalized spacial score (nSPS) is 9.73. The second-order valence-electron chi connectivity index (χ2n) is 2.61. The number of nitrogens with zero attached hydrogens (tertiary/aromatic N) is 1. The molecular formula is C8H16BrNO. The summed E-state index contributed by atoms with van der Waals surface area (Å²) in [6.45, 7) is 3.02. The largest absolute Gasteiger partial charge is 0.346 e. The molecule has 0 radical (unpaired) electrons. The lowest BCUT2D eigenvalue weighted by atomic mass is 10.3. The van der Waals surface area contributed by atoms with Crippen LogP contribution in [0.2, 0.25) is 0 Å². The fraction of sp³-hybridized carbons (Fsp3) is 0.875. The number of amides is 1. The summed E-state index contributed by atoms with van der Waals surface area (Å²) in [5, 5.41) is 0.766. The summed E-state index contributed by atoms with van der Waals surface area (Å²) in [7, 11) is 1.86. The van der Waals surface area contributed by atoms with Crippen LogP contribution >= 0.6 is 15.9 Å². The molecule has 0 aromatic heterocycles. The van der Waals surface area contributed by atoms with E-state index >= 15 is 0 Å². The third-order valence-corrected chi connectivity index (χ3v) is 1.98. The van der Waals surface area contributed by atoms with Crippen LogP contribution in [0, 0.1) is 0 Å². The Kier molecular flexibility index (Phi) is 6.62. The van der Waals surface area contributed by atoms with Crippen molar-refractivity contribution in [3.8, 4) is 0 Å². The molecule has 0 aromatic carbocycles. The van der Waals surface area contributed by atoms with Gasteiger partial charge in [0.2, 0.25) is 5.91 Å². The van der Waals surface area contributed by atoms with Crippen LogP contribution in [-0.4, -0.2) is 29.7 Å². The number of unbranched alkanes of at least 4 members (excludes halogenated alkanes) is 1. The first-order chi connectivity index (χ1) is 5.22. The van der Waals surface area contributed by atoms with Gasteiger partial charge in [0.25, 0.3) is 0 Å². The van der Waals surface area contributed by atoms with E-state index in [-0.39, 0.29) is 5.91 Å². The summed E-state index contributed by atoms with van der Waals surface area (Å²) >= 11 is 3.24. The standard InChI is InChI=1S/C8H16BrNO/c1-3-4-7-10(2)8(11)5-6-9/h3-7H2,1-2H3. The van der Waals surface area contributed by atoms with Crippen LogP contribution in [0.3, 0.4) is 0 Å². The van der Waals surface area contributed by atoms with E-state index in [2.05, 4.69) is 22.9 Å². The second kappa shape index (κ2) is 6.65. The van der Waals surface area contributed by atoms with Crippen LogP contribution in [-0.2, 0) is 4.79 Å². The molecule has 0 atom stereocenters. The maximum atomic E-state index is 11.1. The van der Waals surface area contributed by atoms with Crippen molar-refractivity contribution in [2.75, 3.05) is 18.9 Å². The number of rotatable bonds is 5. The molecule has 11 heavy (non-hydrogen) atoms. The fourth-order valence-corrected chi connectivity index (χ4v) is 1.13. The van der Waals surface area contributed by atoms with Gasteiger partial charge in [-0.15, -0.1) is 0 Å². The monoisotopic (exact) mass is 221 g/mol. The highest BCUT2D eigenvalue weighted by molar-refractivity contribution is 9.09. The van der Waals surface area contributed by atoms with E-state index in [4.69, 9.17) is 0 Å². The van der Waals surface area contributed by atoms with Crippen molar-refractivity contribution < 1.29 is 4.79 Å². The van der Waals surface area contributed by atoms with Gasteiger partial charge in [-0.2, -0.15) is 0 Å². The molecule has 0 rings (SSSR count). The number of hydrogen-bond acceptors (Lipinski definition) is 1. The van der Waals surface area contributed by atoms with Crippen molar-refractivity contribution in [2.45, 2.75) is 26.2 Å². The fourth-order valence-electron chi connectivity index (χ4n) is 0.792. The maximum absolute atomic E-state index is 11.1. The van der Waals surface area contributed by atoms with Gasteiger partial charge in [-0.3, -0.25) is 4.79 Å². The lowest BCUT2D eigenvalue weighted by molar-refractivity contribution is -0.129. The van der Waals surface area contributed by atoms with E-state index in [9.17, 15) is 4.79 Å². The predicted octanol–water partition coefficient (Wildman–Crippen LogP) is 2.03. The molecular weight excluding hydrogens is 206 g/mol. The highest BCUT2D eigenvalue weighted by Crippen LogP contribution is 1.97. The summed E-state index contributed by atoms with van der Waals surface area (Å²) in [6.07, 6.45) is 2.86. The lowest BCUT2D eigenvalue weighted by Gasteiger charge is -2.15. The van der Waals surface area contributed by atoms with Crippen molar-refractivity contribution in [3.05, 3.63) is 0 Å². The molecule has 0 aliphatic heterocycles. The predicted molar refractivity (Wildman–Crippen MR) is 51.0 cm³/mol. The molecule has 0 unspecified atom stereocenters. The van der Waals surface area contributed by atoms with Crippen LogP contribution in [0.4, 0.5) is 0 Å². The van der Waals surface area contributed by atoms with Crippen molar-refractivity contribution in [1.82, 2.24) is 4.90 Å². The minimum absolute atomic E-state index is 0.232. The highest BCUT2D eigenvalue weighted by Gasteiger charge is 2.05. The van der Waals surface area contributed by atoms with Gasteiger partial charge in [-0.1, -0.05) is 29.3 Å². The summed E-state index contributed by atoms with van der Waals surface area (Å²) in [5.41, 5.74) is 0. The lowest BCUT2D eigenvalue weighted by Crippen LogP contribution is -2.27. The van der Waals surface area contributed by atoms with Gasteiger partial charge >= 0.3 is 0 Å². The van der Waals surface area contributed by atoms with Gasteiger partial charge in [0, 0.05) is 25.3 Å². The molecule has 0 N–H and O–H groups in total. The average Bonchev–Trinajstić information content (AvgIpc) is 2.00. The Hall–Kier alpha value is -0.0500. The van der Waals surface area contributed by atoms with Gasteiger partial charge in [-0.25, -0.2) is 0 Å². The van der Waals surface area contributed by atoms with E-state index in [0.717, 1.165) is 24.7 Å². The van der Waals surface area contributed by atoms with E-state index in [1.807, 2.05) is 7.05 Å². The zero-order chi connectivity index (χ0) is 8.69. The Morgan fingerprint density at radius 3 is 2.64 bits per heavy atom. The second-order valence-corrected chi connectivity index (χ2v) is 3.40. The number of carbonyl (C=O) groups excluding carboxylic acids is 1. The number of carbonyl (C=O) groups is 1. The van der Waals surface area contributed by atoms with Crippen LogP contribution in [0.15, 0.2) is 0 Å². The Bertz CT molecular complexity index is 117. The molecule has 66 valence electrons. The highest BCUT2D eigenvalue weighted by atomic mass is 79.9. The third-order valence-electron chi connectivity index (χ3n) is 1.58. The molecule has 0 saturated heterocycles. The minimum Gasteiger partial charge on any atom is -0.346 e. The summed E-state index contributed by atoms with van der Waals surface area (Å²) in [5.74, 6) is 0.232. The van der Waals surface area contributed by atoms with Gasteiger partial charge in [-0.05, 0) is 6.42 Å². The first-order valence-corrected chi connectivity index (χ1v) is 5.14. The van der Waals surface area contributed by atoms with Crippen LogP contribution in [0.1, 0.15) is 26.2 Å². The van der Waals surface area contributed by atoms with Gasteiger partial charge in [0.05, 0.1) is 0 Å². The van der Waals surface area contributed by atoms with Crippen LogP contribution < -0.4 is 0 Å². The molecule has 2 nitrogen and oxygen atoms in total. The Morgan fingerprint density at radius 2 is 2.18 bits per heavy atom. The number of alkyl halides is 1. The molecule has 0 saturated carbocycles. The van der Waals surface area contributed by atoms with Crippen molar-refractivity contribution in [2.24, 2.45) is 0 Å². The Morgan fingerprint density at radius 1 is 1.55 bits per heavy atom. The third kappa shape index (κ3) is 5.24. The van der Waals surface area contributed by atoms with Crippen molar-refractivity contribution in [3.63, 3.8) is 0 Å². The molecule has 3 heteroatoms. The molecule has 0 bridgehead atoms. The van der Waals surface area contributed by atoms with E-state index in [1.54, 1.807) is 4.90 Å². The first kappa shape index (κ1) is 11.0. The van der Waals surface area contributed by atoms with Crippen LogP contribution in [0.5, 0.6) is 0 Å². The molecule has 0 aromatic rings. The number of halogens is 1. The quantitative estimate of drug-likeness (QED) is 0.652. The summed E-state index contributed by atoms with van der Waals surface area (Å²) in [4.78, 5) is 12.9. The number of hydrogen-bond donors (Lipinski definition) is 0. The molecule has 0 fully saturated rings. The zero-order valence-electron chi connectivity index (χ0n) is 7.27. The zero-order valence-corrected chi connectivity index (χ0v) is 8.85. The van der Waals surface area contributed by atoms with E-state index < -0.39 is 0 Å². The molecule has 0 aliphatic carbocycles. The van der Waals surface area contributed by atoms with Crippen LogP contribution in [0.25, 0.3) is 0 Å². The smallest absolute Gasteiger partial charge is 0.223 e. The van der Waals surface area contributed by atoms with E-state index in [1.165, 1.54) is 0 Å². The SMILES string of the molecule is CCCCN(C)C(=O)CCBr. The van der Waals surface area contributed by atoms with Crippen molar-refractivity contribution >= 4 is 21.8 Å². The summed E-state index contributed by atoms with van der Waals surface area (Å²) in [6, 6.07) is 0. The molecule has 1 amide bonds. The average molecular weight is 222 g/mol. The van der Waals surface area contributed by atoms with Gasteiger partial charge in [0.15, 0.2) is 0 Å². The van der Waals surface area contributed by atoms with Gasteiger partial charge in [0.1, 0.15) is 0 Å². The van der Waals surface area contributed by atoms with E-state index in [0.29, 0.717) is 6.42 Å². The molecule has 0 spiro atoms. The maximum Gasteiger partial charge on any atom is 0.223 e. The Labute approximate surface area is 77.1 Å². The minimum atomic E-state index is 0.232.